The number of alkyl halides is 2. The number of fused-ring (bicyclic) bond motifs is 2. The zero-order valence-corrected chi connectivity index (χ0v) is 21.7. The van der Waals surface area contributed by atoms with Crippen LogP contribution in [0.25, 0.3) is 20.4 Å². The standard InChI is InChI=1S/C10H11ClN2O2S2.C10H11ClN2S2/c11-4-1-5-17(14,15)7-2-3-8-9(6-7)16-10(12)13-8;11-4-1-5-14-7-2-3-8-9(6-7)15-10(12)13-8/h2-3,6H,1,4-5H2,(H2,12,13);2-3,6H,1,4-5H2,(H2,12,13). The fourth-order valence-electron chi connectivity index (χ4n) is 2.74. The summed E-state index contributed by atoms with van der Waals surface area (Å²) >= 11 is 15.8. The fraction of sp³-hybridized carbons (Fsp3) is 0.300. The summed E-state index contributed by atoms with van der Waals surface area (Å²) in [7, 11) is -3.25. The van der Waals surface area contributed by atoms with Crippen molar-refractivity contribution in [2.75, 3.05) is 34.7 Å². The predicted octanol–water partition coefficient (Wildman–Crippen LogP) is 5.88. The van der Waals surface area contributed by atoms with Crippen molar-refractivity contribution in [2.24, 2.45) is 0 Å². The first kappa shape index (κ1) is 25.3. The van der Waals surface area contributed by atoms with Crippen LogP contribution in [0.5, 0.6) is 0 Å². The molecule has 0 radical (unpaired) electrons. The third kappa shape index (κ3) is 6.85. The molecule has 0 aliphatic heterocycles. The van der Waals surface area contributed by atoms with Crippen LogP contribution in [-0.4, -0.2) is 41.7 Å². The van der Waals surface area contributed by atoms with Crippen LogP contribution in [0.15, 0.2) is 46.2 Å². The van der Waals surface area contributed by atoms with E-state index in [1.54, 1.807) is 18.2 Å². The van der Waals surface area contributed by atoms with Crippen molar-refractivity contribution >= 4 is 98.2 Å². The molecule has 0 unspecified atom stereocenters. The molecule has 32 heavy (non-hydrogen) atoms. The number of nitrogen functional groups attached to an aromatic ring is 2. The topological polar surface area (TPSA) is 112 Å². The average Bonchev–Trinajstić information content (AvgIpc) is 3.32. The van der Waals surface area contributed by atoms with Gasteiger partial charge in [-0.2, -0.15) is 0 Å². The highest BCUT2D eigenvalue weighted by Crippen LogP contribution is 2.29. The number of thiazole rings is 2. The number of aromatic nitrogens is 2. The Balaban J connectivity index is 0.000000182. The van der Waals surface area contributed by atoms with E-state index >= 15 is 0 Å². The van der Waals surface area contributed by atoms with Crippen molar-refractivity contribution in [3.8, 4) is 0 Å². The Morgan fingerprint density at radius 1 is 0.875 bits per heavy atom. The van der Waals surface area contributed by atoms with Crippen molar-refractivity contribution in [1.82, 2.24) is 9.97 Å². The van der Waals surface area contributed by atoms with Gasteiger partial charge in [0.1, 0.15) is 0 Å². The van der Waals surface area contributed by atoms with Gasteiger partial charge in [0.2, 0.25) is 0 Å². The van der Waals surface area contributed by atoms with Gasteiger partial charge in [0.15, 0.2) is 20.1 Å². The lowest BCUT2D eigenvalue weighted by Crippen LogP contribution is -2.07. The molecule has 0 spiro atoms. The number of halogens is 2. The molecule has 0 saturated heterocycles. The van der Waals surface area contributed by atoms with Gasteiger partial charge in [-0.25, -0.2) is 18.4 Å². The van der Waals surface area contributed by atoms with Crippen LogP contribution in [0.4, 0.5) is 10.3 Å². The largest absolute Gasteiger partial charge is 0.375 e. The van der Waals surface area contributed by atoms with Gasteiger partial charge in [-0.15, -0.1) is 35.0 Å². The quantitative estimate of drug-likeness (QED) is 0.160. The molecule has 6 nitrogen and oxygen atoms in total. The maximum Gasteiger partial charge on any atom is 0.181 e. The Bertz CT molecular complexity index is 1290. The molecule has 2 heterocycles. The zero-order valence-electron chi connectivity index (χ0n) is 17.0. The molecular formula is C20H22Cl2N4O2S4. The molecule has 0 fully saturated rings. The van der Waals surface area contributed by atoms with Crippen molar-refractivity contribution in [3.05, 3.63) is 36.4 Å². The second kappa shape index (κ2) is 11.7. The Morgan fingerprint density at radius 3 is 2.09 bits per heavy atom. The summed E-state index contributed by atoms with van der Waals surface area (Å²) in [4.78, 5) is 9.86. The predicted molar refractivity (Wildman–Crippen MR) is 142 cm³/mol. The summed E-state index contributed by atoms with van der Waals surface area (Å²) in [6.45, 7) is 0. The van der Waals surface area contributed by atoms with Crippen LogP contribution in [0.2, 0.25) is 0 Å². The Morgan fingerprint density at radius 2 is 1.47 bits per heavy atom. The van der Waals surface area contributed by atoms with E-state index in [2.05, 4.69) is 22.1 Å². The van der Waals surface area contributed by atoms with E-state index in [0.717, 1.165) is 38.5 Å². The number of hydrogen-bond acceptors (Lipinski definition) is 9. The molecule has 4 N–H and O–H groups in total. The van der Waals surface area contributed by atoms with Gasteiger partial charge in [0, 0.05) is 16.7 Å². The molecule has 4 rings (SSSR count). The Kier molecular flexibility index (Phi) is 9.27. The molecule has 0 atom stereocenters. The van der Waals surface area contributed by atoms with E-state index in [9.17, 15) is 8.42 Å². The molecule has 2 aromatic carbocycles. The van der Waals surface area contributed by atoms with Crippen molar-refractivity contribution < 1.29 is 8.42 Å². The third-order valence-electron chi connectivity index (χ3n) is 4.21. The van der Waals surface area contributed by atoms with Crippen LogP contribution in [0.1, 0.15) is 12.8 Å². The van der Waals surface area contributed by atoms with E-state index < -0.39 is 9.84 Å². The summed E-state index contributed by atoms with van der Waals surface area (Å²) in [5, 5.41) is 1.07. The van der Waals surface area contributed by atoms with Gasteiger partial charge in [0.05, 0.1) is 31.1 Å². The lowest BCUT2D eigenvalue weighted by Gasteiger charge is -2.02. The summed E-state index contributed by atoms with van der Waals surface area (Å²) in [5.41, 5.74) is 12.9. The van der Waals surface area contributed by atoms with Gasteiger partial charge >= 0.3 is 0 Å². The molecule has 172 valence electrons. The van der Waals surface area contributed by atoms with Crippen LogP contribution in [-0.2, 0) is 9.84 Å². The van der Waals surface area contributed by atoms with Gasteiger partial charge in [0.25, 0.3) is 0 Å². The SMILES string of the molecule is Nc1nc2ccc(S(=O)(=O)CCCCl)cc2s1.Nc1nc2ccc(SCCCCl)cc2s1. The monoisotopic (exact) mass is 548 g/mol. The van der Waals surface area contributed by atoms with Gasteiger partial charge < -0.3 is 11.5 Å². The minimum atomic E-state index is -3.25. The molecule has 0 saturated carbocycles. The van der Waals surface area contributed by atoms with Gasteiger partial charge in [-0.1, -0.05) is 22.7 Å². The van der Waals surface area contributed by atoms with Gasteiger partial charge in [-0.3, -0.25) is 0 Å². The normalized spacial score (nSPS) is 11.6. The molecule has 0 amide bonds. The maximum atomic E-state index is 11.9. The van der Waals surface area contributed by atoms with Crippen molar-refractivity contribution in [2.45, 2.75) is 22.6 Å². The summed E-state index contributed by atoms with van der Waals surface area (Å²) in [6, 6.07) is 11.1. The molecule has 0 bridgehead atoms. The molecule has 4 aromatic rings. The van der Waals surface area contributed by atoms with Gasteiger partial charge in [-0.05, 0) is 55.0 Å². The highest BCUT2D eigenvalue weighted by atomic mass is 35.5. The highest BCUT2D eigenvalue weighted by molar-refractivity contribution is 7.99. The number of benzene rings is 2. The number of anilines is 2. The molecule has 12 heteroatoms. The van der Waals surface area contributed by atoms with E-state index in [4.69, 9.17) is 34.7 Å². The average molecular weight is 550 g/mol. The highest BCUT2D eigenvalue weighted by Gasteiger charge is 2.15. The first-order chi connectivity index (χ1) is 15.3. The van der Waals surface area contributed by atoms with Crippen molar-refractivity contribution in [1.29, 1.82) is 0 Å². The smallest absolute Gasteiger partial charge is 0.181 e. The lowest BCUT2D eigenvalue weighted by atomic mass is 10.3. The van der Waals surface area contributed by atoms with E-state index in [-0.39, 0.29) is 5.75 Å². The number of sulfone groups is 1. The van der Waals surface area contributed by atoms with E-state index in [0.29, 0.717) is 27.5 Å². The maximum absolute atomic E-state index is 11.9. The third-order valence-corrected chi connectivity index (χ3v) is 9.31. The minimum absolute atomic E-state index is 0.0658. The minimum Gasteiger partial charge on any atom is -0.375 e. The zero-order chi connectivity index (χ0) is 23.1. The molecule has 0 aliphatic carbocycles. The van der Waals surface area contributed by atoms with Crippen LogP contribution < -0.4 is 11.5 Å². The fourth-order valence-corrected chi connectivity index (χ4v) is 7.24. The summed E-state index contributed by atoms with van der Waals surface area (Å²) < 4.78 is 25.8. The number of nitrogens with zero attached hydrogens (tertiary/aromatic N) is 2. The van der Waals surface area contributed by atoms with E-state index in [1.165, 1.54) is 27.6 Å². The first-order valence-electron chi connectivity index (χ1n) is 9.62. The number of hydrogen-bond donors (Lipinski definition) is 2. The number of thioether (sulfide) groups is 1. The Labute approximate surface area is 209 Å². The molecule has 2 aromatic heterocycles. The van der Waals surface area contributed by atoms with E-state index in [1.807, 2.05) is 17.8 Å². The molecule has 0 aliphatic rings. The lowest BCUT2D eigenvalue weighted by molar-refractivity contribution is 0.595. The number of rotatable bonds is 8. The first-order valence-corrected chi connectivity index (χ1v) is 15.0. The summed E-state index contributed by atoms with van der Waals surface area (Å²) in [5.74, 6) is 2.19. The Hall–Kier alpha value is -1.30. The van der Waals surface area contributed by atoms with Crippen LogP contribution >= 0.6 is 57.6 Å². The number of nitrogens with two attached hydrogens (primary N) is 2. The second-order valence-corrected chi connectivity index (χ2v) is 12.8. The second-order valence-electron chi connectivity index (χ2n) is 6.62. The van der Waals surface area contributed by atoms with Crippen molar-refractivity contribution in [3.63, 3.8) is 0 Å². The summed E-state index contributed by atoms with van der Waals surface area (Å²) in [6.07, 6.45) is 1.49. The van der Waals surface area contributed by atoms with Crippen LogP contribution in [0.3, 0.4) is 0 Å². The molecular weight excluding hydrogens is 527 g/mol. The van der Waals surface area contributed by atoms with Crippen LogP contribution in [0, 0.1) is 0 Å².